The normalized spacial score (nSPS) is 35.9. The smallest absolute Gasteiger partial charge is 0.0951 e. The van der Waals surface area contributed by atoms with Crippen molar-refractivity contribution in [3.05, 3.63) is 24.2 Å². The number of hydrogen-bond acceptors (Lipinski definition) is 4. The van der Waals surface area contributed by atoms with Crippen LogP contribution in [0, 0.1) is 5.92 Å². The van der Waals surface area contributed by atoms with Gasteiger partial charge in [0.15, 0.2) is 0 Å². The fraction of sp³-hybridized carbons (Fsp3) is 0.636. The van der Waals surface area contributed by atoms with E-state index in [-0.39, 0.29) is 6.04 Å². The molecule has 4 unspecified atom stereocenters. The minimum absolute atomic E-state index is 0.166. The molecule has 4 nitrogen and oxygen atoms in total. The van der Waals surface area contributed by atoms with E-state index in [9.17, 15) is 0 Å². The molecule has 2 aliphatic heterocycles. The number of hydrazine groups is 1. The maximum absolute atomic E-state index is 5.84. The first-order valence-corrected chi connectivity index (χ1v) is 5.52. The first-order valence-electron chi connectivity index (χ1n) is 5.52. The molecule has 0 aromatic carbocycles. The first kappa shape index (κ1) is 9.39. The lowest BCUT2D eigenvalue weighted by atomic mass is 9.82. The van der Waals surface area contributed by atoms with Crippen molar-refractivity contribution < 1.29 is 9.15 Å². The maximum Gasteiger partial charge on any atom is 0.0951 e. The molecule has 0 amide bonds. The second kappa shape index (κ2) is 3.63. The number of nitrogens with one attached hydrogen (secondary N) is 1. The van der Waals surface area contributed by atoms with Crippen molar-refractivity contribution in [1.82, 2.24) is 5.43 Å². The van der Waals surface area contributed by atoms with Crippen LogP contribution >= 0.6 is 0 Å². The van der Waals surface area contributed by atoms with Crippen LogP contribution in [-0.2, 0) is 4.74 Å². The second-order valence-corrected chi connectivity index (χ2v) is 4.47. The minimum Gasteiger partial charge on any atom is -0.472 e. The summed E-state index contributed by atoms with van der Waals surface area (Å²) in [5.74, 6) is 6.12. The summed E-state index contributed by atoms with van der Waals surface area (Å²) in [6.07, 6.45) is 7.79. The van der Waals surface area contributed by atoms with Gasteiger partial charge in [0.05, 0.1) is 30.8 Å². The van der Waals surface area contributed by atoms with Crippen LogP contribution in [0.1, 0.15) is 30.9 Å². The molecule has 4 atom stereocenters. The molecular formula is C11H16N2O2. The van der Waals surface area contributed by atoms with Gasteiger partial charge in [-0.15, -0.1) is 0 Å². The highest BCUT2D eigenvalue weighted by Gasteiger charge is 2.44. The first-order chi connectivity index (χ1) is 7.38. The van der Waals surface area contributed by atoms with Crippen LogP contribution in [0.25, 0.3) is 0 Å². The van der Waals surface area contributed by atoms with Gasteiger partial charge in [0.25, 0.3) is 0 Å². The Morgan fingerprint density at radius 3 is 2.93 bits per heavy atom. The van der Waals surface area contributed by atoms with Crippen LogP contribution in [0.3, 0.4) is 0 Å². The van der Waals surface area contributed by atoms with E-state index in [1.54, 1.807) is 12.5 Å². The minimum atomic E-state index is 0.166. The van der Waals surface area contributed by atoms with Gasteiger partial charge in [0.1, 0.15) is 0 Å². The molecular weight excluding hydrogens is 192 g/mol. The van der Waals surface area contributed by atoms with Crippen LogP contribution in [-0.4, -0.2) is 12.2 Å². The lowest BCUT2D eigenvalue weighted by molar-refractivity contribution is 0.0856. The molecule has 2 aliphatic rings. The number of furan rings is 1. The van der Waals surface area contributed by atoms with Gasteiger partial charge in [0.2, 0.25) is 0 Å². The van der Waals surface area contributed by atoms with Crippen molar-refractivity contribution in [3.63, 3.8) is 0 Å². The van der Waals surface area contributed by atoms with Crippen LogP contribution in [0.15, 0.2) is 23.0 Å². The standard InChI is InChI=1S/C11H16N2O2/c12-13-11(7-3-4-14-6-7)9-5-8-1-2-10(9)15-8/h3-4,6,8-11,13H,1-2,5,12H2. The van der Waals surface area contributed by atoms with E-state index in [0.29, 0.717) is 18.1 Å². The summed E-state index contributed by atoms with van der Waals surface area (Å²) >= 11 is 0. The van der Waals surface area contributed by atoms with Gasteiger partial charge < -0.3 is 9.15 Å². The molecule has 2 fully saturated rings. The summed E-state index contributed by atoms with van der Waals surface area (Å²) in [5.41, 5.74) is 4.02. The van der Waals surface area contributed by atoms with Gasteiger partial charge in [-0.25, -0.2) is 0 Å². The van der Waals surface area contributed by atoms with Crippen molar-refractivity contribution in [1.29, 1.82) is 0 Å². The van der Waals surface area contributed by atoms with Gasteiger partial charge in [0, 0.05) is 11.5 Å². The zero-order valence-corrected chi connectivity index (χ0v) is 8.56. The molecule has 2 bridgehead atoms. The number of rotatable bonds is 3. The summed E-state index contributed by atoms with van der Waals surface area (Å²) in [5, 5.41) is 0. The topological polar surface area (TPSA) is 60.4 Å². The Morgan fingerprint density at radius 2 is 2.40 bits per heavy atom. The Kier molecular flexibility index (Phi) is 2.27. The number of nitrogens with two attached hydrogens (primary N) is 1. The zero-order valence-electron chi connectivity index (χ0n) is 8.56. The fourth-order valence-electron chi connectivity index (χ4n) is 2.95. The molecule has 3 heterocycles. The molecule has 3 N–H and O–H groups in total. The van der Waals surface area contributed by atoms with Crippen molar-refractivity contribution in [3.8, 4) is 0 Å². The van der Waals surface area contributed by atoms with Gasteiger partial charge in [-0.2, -0.15) is 0 Å². The molecule has 3 rings (SSSR count). The summed E-state index contributed by atoms with van der Waals surface area (Å²) in [6.45, 7) is 0. The van der Waals surface area contributed by atoms with E-state index < -0.39 is 0 Å². The van der Waals surface area contributed by atoms with E-state index in [4.69, 9.17) is 15.0 Å². The summed E-state index contributed by atoms with van der Waals surface area (Å²) in [6, 6.07) is 2.13. The quantitative estimate of drug-likeness (QED) is 0.581. The van der Waals surface area contributed by atoms with E-state index in [2.05, 4.69) is 5.43 Å². The molecule has 4 heteroatoms. The van der Waals surface area contributed by atoms with Crippen LogP contribution in [0.4, 0.5) is 0 Å². The predicted molar refractivity (Wildman–Crippen MR) is 54.8 cm³/mol. The van der Waals surface area contributed by atoms with E-state index in [1.807, 2.05) is 6.07 Å². The van der Waals surface area contributed by atoms with E-state index in [0.717, 1.165) is 12.0 Å². The molecule has 2 saturated heterocycles. The maximum atomic E-state index is 5.84. The molecule has 1 aromatic rings. The van der Waals surface area contributed by atoms with Gasteiger partial charge in [-0.1, -0.05) is 0 Å². The summed E-state index contributed by atoms with van der Waals surface area (Å²) in [7, 11) is 0. The average Bonchev–Trinajstić information content (AvgIpc) is 2.94. The number of fused-ring (bicyclic) bond motifs is 2. The highest BCUT2D eigenvalue weighted by atomic mass is 16.5. The highest BCUT2D eigenvalue weighted by Crippen LogP contribution is 2.44. The van der Waals surface area contributed by atoms with Crippen LogP contribution in [0.2, 0.25) is 0 Å². The van der Waals surface area contributed by atoms with Gasteiger partial charge in [-0.05, 0) is 25.3 Å². The Morgan fingerprint density at radius 1 is 1.47 bits per heavy atom. The fourth-order valence-corrected chi connectivity index (χ4v) is 2.95. The second-order valence-electron chi connectivity index (χ2n) is 4.47. The molecule has 0 spiro atoms. The third-order valence-corrected chi connectivity index (χ3v) is 3.66. The molecule has 15 heavy (non-hydrogen) atoms. The molecule has 0 aliphatic carbocycles. The average molecular weight is 208 g/mol. The van der Waals surface area contributed by atoms with E-state index >= 15 is 0 Å². The van der Waals surface area contributed by atoms with Crippen LogP contribution in [0.5, 0.6) is 0 Å². The third-order valence-electron chi connectivity index (χ3n) is 3.66. The van der Waals surface area contributed by atoms with Crippen molar-refractivity contribution in [2.45, 2.75) is 37.5 Å². The van der Waals surface area contributed by atoms with Gasteiger partial charge in [-0.3, -0.25) is 11.3 Å². The van der Waals surface area contributed by atoms with Crippen molar-refractivity contribution in [2.75, 3.05) is 0 Å². The SMILES string of the molecule is NNC(c1ccoc1)C1CC2CCC1O2. The molecule has 82 valence electrons. The Balaban J connectivity index is 1.80. The Labute approximate surface area is 88.7 Å². The Hall–Kier alpha value is -0.840. The lowest BCUT2D eigenvalue weighted by Crippen LogP contribution is -2.37. The third kappa shape index (κ3) is 1.49. The lowest BCUT2D eigenvalue weighted by Gasteiger charge is -2.26. The monoisotopic (exact) mass is 208 g/mol. The molecule has 1 aromatic heterocycles. The predicted octanol–water partition coefficient (Wildman–Crippen LogP) is 1.35. The molecule has 0 saturated carbocycles. The van der Waals surface area contributed by atoms with Crippen molar-refractivity contribution in [2.24, 2.45) is 11.8 Å². The largest absolute Gasteiger partial charge is 0.472 e. The number of ether oxygens (including phenoxy) is 1. The number of hydrogen-bond donors (Lipinski definition) is 2. The molecule has 0 radical (unpaired) electrons. The zero-order chi connectivity index (χ0) is 10.3. The van der Waals surface area contributed by atoms with Crippen LogP contribution < -0.4 is 11.3 Å². The van der Waals surface area contributed by atoms with Crippen molar-refractivity contribution >= 4 is 0 Å². The summed E-state index contributed by atoms with van der Waals surface area (Å²) in [4.78, 5) is 0. The van der Waals surface area contributed by atoms with E-state index in [1.165, 1.54) is 12.8 Å². The highest BCUT2D eigenvalue weighted by molar-refractivity contribution is 5.15. The van der Waals surface area contributed by atoms with Gasteiger partial charge >= 0.3 is 0 Å². The Bertz CT molecular complexity index is 325. The summed E-state index contributed by atoms with van der Waals surface area (Å²) < 4.78 is 10.9.